The Morgan fingerprint density at radius 1 is 1.00 bits per heavy atom. The van der Waals surface area contributed by atoms with E-state index in [1.165, 1.54) is 6.42 Å². The zero-order chi connectivity index (χ0) is 20.5. The van der Waals surface area contributed by atoms with Gasteiger partial charge < -0.3 is 4.90 Å². The molecular formula is C22H34N2O3S. The Kier molecular flexibility index (Phi) is 6.50. The molecule has 1 aromatic rings. The van der Waals surface area contributed by atoms with Gasteiger partial charge in [0, 0.05) is 31.6 Å². The lowest BCUT2D eigenvalue weighted by Crippen LogP contribution is -2.49. The maximum absolute atomic E-state index is 13.2. The Morgan fingerprint density at radius 2 is 1.61 bits per heavy atom. The maximum atomic E-state index is 13.2. The zero-order valence-electron chi connectivity index (χ0n) is 17.7. The summed E-state index contributed by atoms with van der Waals surface area (Å²) >= 11 is 0. The molecule has 2 aliphatic rings. The number of carbonyl (C=O) groups excluding carboxylic acids is 1. The van der Waals surface area contributed by atoms with Gasteiger partial charge in [-0.3, -0.25) is 4.79 Å². The van der Waals surface area contributed by atoms with Crippen molar-refractivity contribution in [2.45, 2.75) is 77.2 Å². The summed E-state index contributed by atoms with van der Waals surface area (Å²) in [5.74, 6) is 0.199. The van der Waals surface area contributed by atoms with Crippen LogP contribution in [0.25, 0.3) is 0 Å². The smallest absolute Gasteiger partial charge is 0.243 e. The second-order valence-corrected chi connectivity index (χ2v) is 10.4. The van der Waals surface area contributed by atoms with Crippen LogP contribution < -0.4 is 0 Å². The van der Waals surface area contributed by atoms with E-state index in [1.807, 2.05) is 32.9 Å². The summed E-state index contributed by atoms with van der Waals surface area (Å²) in [5.41, 5.74) is 2.68. The fraction of sp³-hybridized carbons (Fsp3) is 0.682. The Labute approximate surface area is 170 Å². The molecule has 2 aliphatic heterocycles. The predicted molar refractivity (Wildman–Crippen MR) is 112 cm³/mol. The number of aryl methyl sites for hydroxylation is 3. The second-order valence-electron chi connectivity index (χ2n) is 8.50. The number of amides is 1. The summed E-state index contributed by atoms with van der Waals surface area (Å²) in [4.78, 5) is 15.6. The van der Waals surface area contributed by atoms with E-state index < -0.39 is 10.0 Å². The molecule has 2 heterocycles. The molecule has 0 aliphatic carbocycles. The lowest BCUT2D eigenvalue weighted by Gasteiger charge is -2.39. The van der Waals surface area contributed by atoms with Crippen LogP contribution in [0.5, 0.6) is 0 Å². The van der Waals surface area contributed by atoms with Gasteiger partial charge in [0.2, 0.25) is 15.9 Å². The van der Waals surface area contributed by atoms with Crippen molar-refractivity contribution in [1.29, 1.82) is 0 Å². The van der Waals surface area contributed by atoms with Crippen molar-refractivity contribution in [2.24, 2.45) is 5.92 Å². The molecule has 1 atom stereocenters. The normalized spacial score (nSPS) is 22.4. The first-order valence-corrected chi connectivity index (χ1v) is 12.1. The van der Waals surface area contributed by atoms with Gasteiger partial charge in [-0.05, 0) is 70.4 Å². The van der Waals surface area contributed by atoms with Crippen molar-refractivity contribution >= 4 is 15.9 Å². The van der Waals surface area contributed by atoms with Crippen LogP contribution in [0.4, 0.5) is 0 Å². The molecule has 2 fully saturated rings. The van der Waals surface area contributed by atoms with Gasteiger partial charge in [-0.25, -0.2) is 8.42 Å². The topological polar surface area (TPSA) is 57.7 Å². The fourth-order valence-electron chi connectivity index (χ4n) is 5.00. The number of hydrogen-bond acceptors (Lipinski definition) is 3. The number of likely N-dealkylation sites (tertiary alicyclic amines) is 1. The van der Waals surface area contributed by atoms with E-state index in [-0.39, 0.29) is 11.8 Å². The van der Waals surface area contributed by atoms with Crippen LogP contribution in [0.3, 0.4) is 0 Å². The minimum Gasteiger partial charge on any atom is -0.339 e. The number of piperidine rings is 2. The zero-order valence-corrected chi connectivity index (χ0v) is 18.5. The molecule has 0 radical (unpaired) electrons. The highest BCUT2D eigenvalue weighted by Gasteiger charge is 2.36. The monoisotopic (exact) mass is 406 g/mol. The van der Waals surface area contributed by atoms with E-state index in [1.54, 1.807) is 4.31 Å². The highest BCUT2D eigenvalue weighted by molar-refractivity contribution is 7.89. The van der Waals surface area contributed by atoms with Gasteiger partial charge in [-0.15, -0.1) is 0 Å². The molecule has 28 heavy (non-hydrogen) atoms. The highest BCUT2D eigenvalue weighted by atomic mass is 32.2. The molecule has 6 heteroatoms. The van der Waals surface area contributed by atoms with Gasteiger partial charge >= 0.3 is 0 Å². The number of nitrogens with zero attached hydrogens (tertiary/aromatic N) is 2. The average Bonchev–Trinajstić information content (AvgIpc) is 2.66. The van der Waals surface area contributed by atoms with Gasteiger partial charge in [-0.2, -0.15) is 4.31 Å². The van der Waals surface area contributed by atoms with Crippen LogP contribution >= 0.6 is 0 Å². The van der Waals surface area contributed by atoms with Gasteiger partial charge in [0.05, 0.1) is 4.90 Å². The van der Waals surface area contributed by atoms with E-state index in [0.717, 1.165) is 42.5 Å². The van der Waals surface area contributed by atoms with Crippen LogP contribution in [0.15, 0.2) is 17.0 Å². The number of sulfonamides is 1. The number of carbonyl (C=O) groups is 1. The summed E-state index contributed by atoms with van der Waals surface area (Å²) in [5, 5.41) is 0. The van der Waals surface area contributed by atoms with Gasteiger partial charge in [0.25, 0.3) is 0 Å². The molecule has 1 amide bonds. The molecule has 0 N–H and O–H groups in total. The molecule has 2 saturated heterocycles. The molecule has 156 valence electrons. The lowest BCUT2D eigenvalue weighted by molar-refractivity contribution is -0.140. The van der Waals surface area contributed by atoms with Crippen molar-refractivity contribution in [3.8, 4) is 0 Å². The molecule has 0 saturated carbocycles. The van der Waals surface area contributed by atoms with Crippen molar-refractivity contribution in [1.82, 2.24) is 9.21 Å². The standard InChI is InChI=1S/C22H34N2O3S/c1-5-20-8-6-7-11-24(20)22(25)19-9-12-23(13-10-19)28(26,27)21-17(3)14-16(2)15-18(21)4/h14-15,19-20H,5-13H2,1-4H3. The first-order chi connectivity index (χ1) is 13.3. The molecule has 1 unspecified atom stereocenters. The fourth-order valence-corrected chi connectivity index (χ4v) is 6.88. The van der Waals surface area contributed by atoms with Crippen molar-refractivity contribution in [2.75, 3.05) is 19.6 Å². The predicted octanol–water partition coefficient (Wildman–Crippen LogP) is 3.80. The molecule has 5 nitrogen and oxygen atoms in total. The SMILES string of the molecule is CCC1CCCCN1C(=O)C1CCN(S(=O)(=O)c2c(C)cc(C)cc2C)CC1. The van der Waals surface area contributed by atoms with Gasteiger partial charge in [0.1, 0.15) is 0 Å². The molecular weight excluding hydrogens is 372 g/mol. The van der Waals surface area contributed by atoms with E-state index in [9.17, 15) is 13.2 Å². The molecule has 0 bridgehead atoms. The van der Waals surface area contributed by atoms with Crippen molar-refractivity contribution < 1.29 is 13.2 Å². The Morgan fingerprint density at radius 3 is 2.18 bits per heavy atom. The molecule has 0 spiro atoms. The van der Waals surface area contributed by atoms with Gasteiger partial charge in [-0.1, -0.05) is 24.6 Å². The van der Waals surface area contributed by atoms with E-state index in [2.05, 4.69) is 11.8 Å². The molecule has 1 aromatic carbocycles. The number of benzene rings is 1. The average molecular weight is 407 g/mol. The van der Waals surface area contributed by atoms with Crippen molar-refractivity contribution in [3.63, 3.8) is 0 Å². The first-order valence-electron chi connectivity index (χ1n) is 10.6. The second kappa shape index (κ2) is 8.54. The first kappa shape index (κ1) is 21.3. The summed E-state index contributed by atoms with van der Waals surface area (Å²) in [6.07, 6.45) is 5.63. The number of hydrogen-bond donors (Lipinski definition) is 0. The summed E-state index contributed by atoms with van der Waals surface area (Å²) in [6.45, 7) is 9.58. The molecule has 3 rings (SSSR count). The van der Waals surface area contributed by atoms with E-state index in [4.69, 9.17) is 0 Å². The number of rotatable bonds is 4. The summed E-state index contributed by atoms with van der Waals surface area (Å²) < 4.78 is 28.1. The van der Waals surface area contributed by atoms with E-state index >= 15 is 0 Å². The Bertz CT molecular complexity index is 803. The van der Waals surface area contributed by atoms with Crippen LogP contribution in [0.1, 0.15) is 62.1 Å². The van der Waals surface area contributed by atoms with Crippen molar-refractivity contribution in [3.05, 3.63) is 28.8 Å². The third-order valence-electron chi connectivity index (χ3n) is 6.39. The third-order valence-corrected chi connectivity index (χ3v) is 8.59. The minimum atomic E-state index is -3.52. The lowest BCUT2D eigenvalue weighted by atomic mass is 9.92. The van der Waals surface area contributed by atoms with Crippen LogP contribution in [-0.2, 0) is 14.8 Å². The van der Waals surface area contributed by atoms with Crippen LogP contribution in [0.2, 0.25) is 0 Å². The van der Waals surface area contributed by atoms with Crippen LogP contribution in [-0.4, -0.2) is 49.2 Å². The maximum Gasteiger partial charge on any atom is 0.243 e. The van der Waals surface area contributed by atoms with E-state index in [0.29, 0.717) is 36.9 Å². The Balaban J connectivity index is 1.70. The largest absolute Gasteiger partial charge is 0.339 e. The minimum absolute atomic E-state index is 0.0428. The third kappa shape index (κ3) is 4.13. The quantitative estimate of drug-likeness (QED) is 0.764. The molecule has 0 aromatic heterocycles. The van der Waals surface area contributed by atoms with Gasteiger partial charge in [0.15, 0.2) is 0 Å². The Hall–Kier alpha value is -1.40. The van der Waals surface area contributed by atoms with Crippen LogP contribution in [0, 0.1) is 26.7 Å². The summed E-state index contributed by atoms with van der Waals surface area (Å²) in [7, 11) is -3.52. The highest BCUT2D eigenvalue weighted by Crippen LogP contribution is 2.30. The summed E-state index contributed by atoms with van der Waals surface area (Å²) in [6, 6.07) is 4.22.